The van der Waals surface area contributed by atoms with Crippen molar-refractivity contribution in [3.05, 3.63) is 111 Å². The molecule has 1 aliphatic rings. The second-order valence-corrected chi connectivity index (χ2v) is 15.6. The molecule has 0 fully saturated rings. The van der Waals surface area contributed by atoms with E-state index < -0.39 is 61.9 Å². The molecule has 1 aromatic heterocycles. The van der Waals surface area contributed by atoms with Crippen LogP contribution >= 0.6 is 0 Å². The number of nitrogens with zero attached hydrogens (tertiary/aromatic N) is 1. The largest absolute Gasteiger partial charge is 0.354 e. The Bertz CT molecular complexity index is 2640. The Morgan fingerprint density at radius 3 is 1.98 bits per heavy atom. The van der Waals surface area contributed by atoms with E-state index in [-0.39, 0.29) is 55.7 Å². The van der Waals surface area contributed by atoms with E-state index in [0.29, 0.717) is 0 Å². The minimum absolute atomic E-state index is 0.0363. The first-order chi connectivity index (χ1) is 21.9. The zero-order valence-electron chi connectivity index (χ0n) is 24.2. The number of pyridine rings is 1. The average molecular weight is 695 g/mol. The Kier molecular flexibility index (Phi) is 7.33. The number of sulfone groups is 1. The van der Waals surface area contributed by atoms with E-state index in [0.717, 1.165) is 41.2 Å². The molecule has 0 aliphatic heterocycles. The molecule has 47 heavy (non-hydrogen) atoms. The quantitative estimate of drug-likeness (QED) is 0.162. The third-order valence-electron chi connectivity index (χ3n) is 7.77. The molecule has 1 aliphatic carbocycles. The number of hydrogen-bond donors (Lipinski definition) is 3. The number of rotatable bonds is 7. The van der Waals surface area contributed by atoms with Gasteiger partial charge in [0.2, 0.25) is 0 Å². The molecule has 240 valence electrons. The summed E-state index contributed by atoms with van der Waals surface area (Å²) >= 11 is 0. The summed E-state index contributed by atoms with van der Waals surface area (Å²) in [5.41, 5.74) is -0.833. The van der Waals surface area contributed by atoms with Gasteiger partial charge < -0.3 is 9.88 Å². The van der Waals surface area contributed by atoms with E-state index in [4.69, 9.17) is 0 Å². The Morgan fingerprint density at radius 1 is 0.723 bits per heavy atom. The van der Waals surface area contributed by atoms with Crippen LogP contribution in [0.5, 0.6) is 0 Å². The summed E-state index contributed by atoms with van der Waals surface area (Å²) in [7, 11) is -12.2. The molecule has 0 saturated carbocycles. The fourth-order valence-electron chi connectivity index (χ4n) is 5.65. The van der Waals surface area contributed by atoms with Gasteiger partial charge in [0, 0.05) is 35.4 Å². The summed E-state index contributed by atoms with van der Waals surface area (Å²) in [5, 5.41) is 3.04. The van der Waals surface area contributed by atoms with Crippen molar-refractivity contribution in [2.45, 2.75) is 14.7 Å². The highest BCUT2D eigenvalue weighted by atomic mass is 32.2. The zero-order chi connectivity index (χ0) is 34.2. The topological polar surface area (TPSA) is 211 Å². The fourth-order valence-corrected chi connectivity index (χ4v) is 7.61. The second-order valence-electron chi connectivity index (χ2n) is 10.7. The minimum atomic E-state index is -4.77. The van der Waals surface area contributed by atoms with Gasteiger partial charge in [0.15, 0.2) is 21.4 Å². The van der Waals surface area contributed by atoms with Crippen LogP contribution in [-0.4, -0.2) is 56.7 Å². The molecule has 0 unspecified atom stereocenters. The van der Waals surface area contributed by atoms with Crippen molar-refractivity contribution in [1.82, 2.24) is 4.57 Å². The molecule has 13 nitrogen and oxygen atoms in total. The maximum Gasteiger partial charge on any atom is 0.294 e. The lowest BCUT2D eigenvalue weighted by Gasteiger charge is -2.26. The van der Waals surface area contributed by atoms with Crippen molar-refractivity contribution < 1.29 is 43.9 Å². The molecule has 0 bridgehead atoms. The summed E-state index contributed by atoms with van der Waals surface area (Å²) in [5.74, 6) is -1.43. The fraction of sp³-hybridized carbons (Fsp3) is 0.0645. The van der Waals surface area contributed by atoms with Gasteiger partial charge in [-0.25, -0.2) is 8.42 Å². The van der Waals surface area contributed by atoms with E-state index in [9.17, 15) is 48.7 Å². The lowest BCUT2D eigenvalue weighted by atomic mass is 9.80. The molecule has 0 atom stereocenters. The van der Waals surface area contributed by atoms with Crippen molar-refractivity contribution in [3.63, 3.8) is 0 Å². The lowest BCUT2D eigenvalue weighted by molar-refractivity contribution is 0.102. The maximum absolute atomic E-state index is 14.1. The van der Waals surface area contributed by atoms with Crippen LogP contribution in [0, 0.1) is 0 Å². The highest BCUT2D eigenvalue weighted by Crippen LogP contribution is 2.44. The summed E-state index contributed by atoms with van der Waals surface area (Å²) in [6.45, 7) is 0. The van der Waals surface area contributed by atoms with Crippen molar-refractivity contribution in [2.24, 2.45) is 7.05 Å². The van der Waals surface area contributed by atoms with Crippen LogP contribution in [0.15, 0.2) is 98.3 Å². The molecule has 1 heterocycles. The molecular formula is C31H22N2O11S3. The molecule has 16 heteroatoms. The number of anilines is 2. The van der Waals surface area contributed by atoms with Gasteiger partial charge in [-0.1, -0.05) is 36.4 Å². The number of carbonyl (C=O) groups is 2. The summed E-state index contributed by atoms with van der Waals surface area (Å²) in [6.07, 6.45) is 0.829. The van der Waals surface area contributed by atoms with Gasteiger partial charge in [0.25, 0.3) is 25.8 Å². The zero-order valence-corrected chi connectivity index (χ0v) is 26.7. The first-order valence-electron chi connectivity index (χ1n) is 13.4. The Morgan fingerprint density at radius 2 is 1.34 bits per heavy atom. The van der Waals surface area contributed by atoms with E-state index in [2.05, 4.69) is 5.32 Å². The number of hydrogen-bond acceptors (Lipinski definition) is 10. The normalized spacial score (nSPS) is 13.0. The number of ketones is 2. The molecule has 3 N–H and O–H groups in total. The summed E-state index contributed by atoms with van der Waals surface area (Å²) < 4.78 is 92.7. The molecule has 6 rings (SSSR count). The number of carbonyl (C=O) groups excluding carboxylic acids is 2. The Labute approximate surface area is 267 Å². The highest BCUT2D eigenvalue weighted by molar-refractivity contribution is 7.91. The Hall–Kier alpha value is -5.00. The van der Waals surface area contributed by atoms with E-state index >= 15 is 0 Å². The van der Waals surface area contributed by atoms with Crippen LogP contribution in [0.2, 0.25) is 0 Å². The molecule has 0 saturated heterocycles. The van der Waals surface area contributed by atoms with Crippen LogP contribution in [0.3, 0.4) is 0 Å². The number of benzene rings is 4. The monoisotopic (exact) mass is 694 g/mol. The van der Waals surface area contributed by atoms with Crippen LogP contribution < -0.4 is 10.9 Å². The van der Waals surface area contributed by atoms with Crippen LogP contribution in [-0.2, 0) is 37.1 Å². The smallest absolute Gasteiger partial charge is 0.294 e. The number of nitrogens with one attached hydrogen (secondary N) is 1. The van der Waals surface area contributed by atoms with E-state index in [1.54, 1.807) is 18.2 Å². The first kappa shape index (κ1) is 32.0. The molecule has 0 radical (unpaired) electrons. The van der Waals surface area contributed by atoms with Gasteiger partial charge in [-0.15, -0.1) is 0 Å². The number of aryl methyl sites for hydroxylation is 1. The third-order valence-corrected chi connectivity index (χ3v) is 10.6. The predicted octanol–water partition coefficient (Wildman–Crippen LogP) is 3.62. The minimum Gasteiger partial charge on any atom is -0.354 e. The van der Waals surface area contributed by atoms with Crippen LogP contribution in [0.4, 0.5) is 11.4 Å². The molecule has 0 amide bonds. The second kappa shape index (κ2) is 10.8. The van der Waals surface area contributed by atoms with Gasteiger partial charge in [-0.3, -0.25) is 23.5 Å². The maximum atomic E-state index is 14.1. The van der Waals surface area contributed by atoms with Crippen molar-refractivity contribution in [3.8, 4) is 11.1 Å². The Balaban J connectivity index is 1.68. The standard InChI is InChI=1S/C31H22N2O11S3/c1-33-23-13-12-22(32-21-11-10-18(47(42,43)44)15-24(21)45(2,37)38)26-27(23)25(19-8-3-4-9-20(19)30(26)35)28(31(33)36)29(34)16-6-5-7-17(14-16)46(39,40)41/h3-15,32H,1-2H3,(H,39,40,41)(H,42,43,44). The highest BCUT2D eigenvalue weighted by Gasteiger charge is 2.34. The predicted molar refractivity (Wildman–Crippen MR) is 170 cm³/mol. The van der Waals surface area contributed by atoms with Gasteiger partial charge in [-0.05, 0) is 48.0 Å². The van der Waals surface area contributed by atoms with Gasteiger partial charge in [-0.2, -0.15) is 16.8 Å². The van der Waals surface area contributed by atoms with Crippen molar-refractivity contribution in [1.29, 1.82) is 0 Å². The van der Waals surface area contributed by atoms with Crippen LogP contribution in [0.1, 0.15) is 31.8 Å². The molecule has 4 aromatic carbocycles. The van der Waals surface area contributed by atoms with Crippen molar-refractivity contribution >= 4 is 63.9 Å². The van der Waals surface area contributed by atoms with Crippen LogP contribution in [0.25, 0.3) is 22.0 Å². The SMILES string of the molecule is Cn1c(=O)c(C(=O)c2cccc(S(=O)(=O)O)c2)c2c3c(c(Nc4ccc(S(=O)(=O)O)cc4S(C)(=O)=O)ccc31)C(=O)c1ccccc1-2. The van der Waals surface area contributed by atoms with Gasteiger partial charge in [0.05, 0.1) is 42.7 Å². The first-order valence-corrected chi connectivity index (χ1v) is 18.2. The lowest BCUT2D eigenvalue weighted by Crippen LogP contribution is -2.29. The number of aromatic nitrogens is 1. The van der Waals surface area contributed by atoms with E-state index in [1.165, 1.54) is 37.4 Å². The molecule has 5 aromatic rings. The van der Waals surface area contributed by atoms with Gasteiger partial charge in [0.1, 0.15) is 0 Å². The summed E-state index contributed by atoms with van der Waals surface area (Å²) in [6, 6.07) is 16.5. The van der Waals surface area contributed by atoms with E-state index in [1.807, 2.05) is 0 Å². The number of fused-ring (bicyclic) bond motifs is 2. The van der Waals surface area contributed by atoms with Crippen molar-refractivity contribution in [2.75, 3.05) is 11.6 Å². The average Bonchev–Trinajstić information content (AvgIpc) is 3.00. The molecular weight excluding hydrogens is 673 g/mol. The molecule has 0 spiro atoms. The third kappa shape index (κ3) is 5.35. The summed E-state index contributed by atoms with van der Waals surface area (Å²) in [4.78, 5) is 40.3. The van der Waals surface area contributed by atoms with Gasteiger partial charge >= 0.3 is 0 Å².